The Morgan fingerprint density at radius 1 is 1.30 bits per heavy atom. The Morgan fingerprint density at radius 2 is 2.00 bits per heavy atom. The van der Waals surface area contributed by atoms with E-state index in [9.17, 15) is 4.39 Å². The number of nitrogens with one attached hydrogen (secondary N) is 1. The van der Waals surface area contributed by atoms with Gasteiger partial charge in [0.2, 0.25) is 0 Å². The van der Waals surface area contributed by atoms with Crippen LogP contribution in [0.4, 0.5) is 4.39 Å². The molecule has 0 amide bonds. The molecule has 1 fully saturated rings. The van der Waals surface area contributed by atoms with Crippen LogP contribution in [0.1, 0.15) is 32.3 Å². The first-order valence-corrected chi connectivity index (χ1v) is 7.82. The van der Waals surface area contributed by atoms with Gasteiger partial charge >= 0.3 is 0 Å². The summed E-state index contributed by atoms with van der Waals surface area (Å²) >= 11 is 5.94. The van der Waals surface area contributed by atoms with Gasteiger partial charge in [0.15, 0.2) is 0 Å². The SMILES string of the molecule is CC(C)N(Cc1cc(F)cc(Cl)c1)CC1CCNCC1. The molecule has 0 unspecified atom stereocenters. The smallest absolute Gasteiger partial charge is 0.125 e. The van der Waals surface area contributed by atoms with E-state index in [0.29, 0.717) is 11.1 Å². The average Bonchev–Trinajstić information content (AvgIpc) is 2.38. The third-order valence-electron chi connectivity index (χ3n) is 3.99. The second-order valence-electron chi connectivity index (χ2n) is 5.99. The highest BCUT2D eigenvalue weighted by atomic mass is 35.5. The summed E-state index contributed by atoms with van der Waals surface area (Å²) in [5.41, 5.74) is 0.956. The molecule has 0 aliphatic carbocycles. The van der Waals surface area contributed by atoms with Crippen LogP contribution in [0, 0.1) is 11.7 Å². The van der Waals surface area contributed by atoms with Crippen molar-refractivity contribution in [1.29, 1.82) is 0 Å². The summed E-state index contributed by atoms with van der Waals surface area (Å²) in [5.74, 6) is 0.487. The van der Waals surface area contributed by atoms with E-state index in [0.717, 1.165) is 37.7 Å². The summed E-state index contributed by atoms with van der Waals surface area (Å²) < 4.78 is 13.4. The number of benzene rings is 1. The zero-order valence-corrected chi connectivity index (χ0v) is 13.1. The van der Waals surface area contributed by atoms with Crippen molar-refractivity contribution in [3.8, 4) is 0 Å². The highest BCUT2D eigenvalue weighted by Crippen LogP contribution is 2.20. The summed E-state index contributed by atoms with van der Waals surface area (Å²) in [6, 6.07) is 5.26. The Balaban J connectivity index is 2.00. The molecule has 1 heterocycles. The molecule has 0 saturated carbocycles. The molecule has 0 atom stereocenters. The van der Waals surface area contributed by atoms with Gasteiger partial charge in [-0.25, -0.2) is 4.39 Å². The lowest BCUT2D eigenvalue weighted by molar-refractivity contribution is 0.161. The van der Waals surface area contributed by atoms with Gasteiger partial charge in [-0.2, -0.15) is 0 Å². The molecule has 1 aliphatic rings. The largest absolute Gasteiger partial charge is 0.317 e. The standard InChI is InChI=1S/C16H24ClFN2/c1-12(2)20(10-13-3-5-19-6-4-13)11-14-7-15(17)9-16(18)8-14/h7-9,12-13,19H,3-6,10-11H2,1-2H3. The van der Waals surface area contributed by atoms with Crippen LogP contribution in [0.2, 0.25) is 5.02 Å². The molecule has 0 bridgehead atoms. The first kappa shape index (κ1) is 15.7. The van der Waals surface area contributed by atoms with Crippen LogP contribution in [-0.2, 0) is 6.54 Å². The van der Waals surface area contributed by atoms with E-state index in [1.165, 1.54) is 18.9 Å². The van der Waals surface area contributed by atoms with Crippen LogP contribution in [0.15, 0.2) is 18.2 Å². The van der Waals surface area contributed by atoms with Crippen molar-refractivity contribution >= 4 is 11.6 Å². The van der Waals surface area contributed by atoms with Crippen LogP contribution in [-0.4, -0.2) is 30.6 Å². The molecule has 0 aromatic heterocycles. The molecule has 2 nitrogen and oxygen atoms in total. The highest BCUT2D eigenvalue weighted by Gasteiger charge is 2.19. The Kier molecular flexibility index (Phi) is 5.82. The quantitative estimate of drug-likeness (QED) is 0.892. The van der Waals surface area contributed by atoms with Gasteiger partial charge in [-0.05, 0) is 69.5 Å². The van der Waals surface area contributed by atoms with E-state index in [2.05, 4.69) is 24.1 Å². The lowest BCUT2D eigenvalue weighted by atomic mass is 9.96. The van der Waals surface area contributed by atoms with Gasteiger partial charge in [0.25, 0.3) is 0 Å². The monoisotopic (exact) mass is 298 g/mol. The maximum Gasteiger partial charge on any atom is 0.125 e. The minimum Gasteiger partial charge on any atom is -0.317 e. The number of piperidine rings is 1. The van der Waals surface area contributed by atoms with Gasteiger partial charge in [0.05, 0.1) is 0 Å². The second-order valence-corrected chi connectivity index (χ2v) is 6.43. The zero-order valence-electron chi connectivity index (χ0n) is 12.3. The summed E-state index contributed by atoms with van der Waals surface area (Å²) in [6.45, 7) is 8.46. The normalized spacial score (nSPS) is 17.1. The third-order valence-corrected chi connectivity index (χ3v) is 4.21. The molecular formula is C16H24ClFN2. The van der Waals surface area contributed by atoms with Crippen LogP contribution < -0.4 is 5.32 Å². The molecule has 1 saturated heterocycles. The van der Waals surface area contributed by atoms with E-state index in [1.807, 2.05) is 6.07 Å². The Labute approximate surface area is 126 Å². The van der Waals surface area contributed by atoms with Crippen LogP contribution in [0.5, 0.6) is 0 Å². The van der Waals surface area contributed by atoms with Crippen molar-refractivity contribution in [2.24, 2.45) is 5.92 Å². The number of rotatable bonds is 5. The van der Waals surface area contributed by atoms with Crippen LogP contribution in [0.3, 0.4) is 0 Å². The average molecular weight is 299 g/mol. The first-order valence-electron chi connectivity index (χ1n) is 7.44. The number of hydrogen-bond acceptors (Lipinski definition) is 2. The summed E-state index contributed by atoms with van der Waals surface area (Å²) in [7, 11) is 0. The van der Waals surface area contributed by atoms with E-state index in [4.69, 9.17) is 11.6 Å². The van der Waals surface area contributed by atoms with Gasteiger partial charge < -0.3 is 5.32 Å². The Hall–Kier alpha value is -0.640. The molecule has 20 heavy (non-hydrogen) atoms. The minimum atomic E-state index is -0.252. The second kappa shape index (κ2) is 7.39. The van der Waals surface area contributed by atoms with E-state index >= 15 is 0 Å². The molecule has 4 heteroatoms. The predicted molar refractivity (Wildman–Crippen MR) is 82.5 cm³/mol. The molecule has 1 N–H and O–H groups in total. The maximum atomic E-state index is 13.4. The topological polar surface area (TPSA) is 15.3 Å². The van der Waals surface area contributed by atoms with Crippen molar-refractivity contribution in [2.75, 3.05) is 19.6 Å². The van der Waals surface area contributed by atoms with E-state index in [1.54, 1.807) is 6.07 Å². The van der Waals surface area contributed by atoms with Gasteiger partial charge in [-0.1, -0.05) is 11.6 Å². The molecule has 2 rings (SSSR count). The molecule has 1 aliphatic heterocycles. The van der Waals surface area contributed by atoms with Crippen molar-refractivity contribution in [2.45, 2.75) is 39.3 Å². The number of hydrogen-bond donors (Lipinski definition) is 1. The molecule has 0 spiro atoms. The lowest BCUT2D eigenvalue weighted by Crippen LogP contribution is -2.39. The first-order chi connectivity index (χ1) is 9.54. The highest BCUT2D eigenvalue weighted by molar-refractivity contribution is 6.30. The molecule has 1 aromatic carbocycles. The van der Waals surface area contributed by atoms with Crippen molar-refractivity contribution in [3.63, 3.8) is 0 Å². The Bertz CT molecular complexity index is 410. The van der Waals surface area contributed by atoms with Crippen LogP contribution in [0.25, 0.3) is 0 Å². The van der Waals surface area contributed by atoms with Crippen LogP contribution >= 0.6 is 11.6 Å². The minimum absolute atomic E-state index is 0.252. The van der Waals surface area contributed by atoms with E-state index in [-0.39, 0.29) is 5.82 Å². The van der Waals surface area contributed by atoms with Crippen molar-refractivity contribution in [3.05, 3.63) is 34.6 Å². The summed E-state index contributed by atoms with van der Waals surface area (Å²) in [4.78, 5) is 2.42. The van der Waals surface area contributed by atoms with Gasteiger partial charge in [-0.3, -0.25) is 4.90 Å². The molecule has 1 aromatic rings. The van der Waals surface area contributed by atoms with Gasteiger partial charge in [0, 0.05) is 24.2 Å². The maximum absolute atomic E-state index is 13.4. The van der Waals surface area contributed by atoms with Gasteiger partial charge in [-0.15, -0.1) is 0 Å². The lowest BCUT2D eigenvalue weighted by Gasteiger charge is -2.32. The fourth-order valence-corrected chi connectivity index (χ4v) is 3.03. The Morgan fingerprint density at radius 3 is 2.60 bits per heavy atom. The molecule has 112 valence electrons. The fraction of sp³-hybridized carbons (Fsp3) is 0.625. The van der Waals surface area contributed by atoms with E-state index < -0.39 is 0 Å². The van der Waals surface area contributed by atoms with Crippen molar-refractivity contribution < 1.29 is 4.39 Å². The summed E-state index contributed by atoms with van der Waals surface area (Å²) in [6.07, 6.45) is 2.46. The number of nitrogens with zero attached hydrogens (tertiary/aromatic N) is 1. The summed E-state index contributed by atoms with van der Waals surface area (Å²) in [5, 5.41) is 3.87. The van der Waals surface area contributed by atoms with Gasteiger partial charge in [0.1, 0.15) is 5.82 Å². The molecular weight excluding hydrogens is 275 g/mol. The molecule has 0 radical (unpaired) electrons. The zero-order chi connectivity index (χ0) is 14.5. The third kappa shape index (κ3) is 4.72. The fourth-order valence-electron chi connectivity index (χ4n) is 2.79. The predicted octanol–water partition coefficient (Wildman–Crippen LogP) is 3.69. The number of halogens is 2. The van der Waals surface area contributed by atoms with Crippen molar-refractivity contribution in [1.82, 2.24) is 10.2 Å².